The molecule has 2 aromatic rings. The first-order valence-electron chi connectivity index (χ1n) is 7.44. The van der Waals surface area contributed by atoms with Crippen LogP contribution in [0.25, 0.3) is 0 Å². The maximum atomic E-state index is 12.3. The van der Waals surface area contributed by atoms with E-state index in [0.29, 0.717) is 11.5 Å². The number of hydrogen-bond donors (Lipinski definition) is 1. The van der Waals surface area contributed by atoms with E-state index in [9.17, 15) is 4.79 Å². The molecule has 0 bridgehead atoms. The molecule has 0 radical (unpaired) electrons. The second-order valence-electron chi connectivity index (χ2n) is 5.63. The molecule has 0 aliphatic carbocycles. The van der Waals surface area contributed by atoms with Gasteiger partial charge in [0.1, 0.15) is 6.04 Å². The zero-order valence-corrected chi connectivity index (χ0v) is 13.4. The van der Waals surface area contributed by atoms with Crippen molar-refractivity contribution in [3.63, 3.8) is 0 Å². The molecular formula is C18H20N2O3. The number of β-lactam (4-membered cyclic amide) rings is 1. The minimum Gasteiger partial charge on any atom is -0.493 e. The van der Waals surface area contributed by atoms with E-state index < -0.39 is 6.04 Å². The summed E-state index contributed by atoms with van der Waals surface area (Å²) >= 11 is 0. The normalized spacial score (nSPS) is 20.2. The largest absolute Gasteiger partial charge is 0.493 e. The van der Waals surface area contributed by atoms with Crippen LogP contribution in [0.2, 0.25) is 0 Å². The lowest BCUT2D eigenvalue weighted by Crippen LogP contribution is -2.63. The Kier molecular flexibility index (Phi) is 3.96. The summed E-state index contributed by atoms with van der Waals surface area (Å²) in [4.78, 5) is 14.0. The van der Waals surface area contributed by atoms with Crippen molar-refractivity contribution in [3.05, 3.63) is 53.6 Å². The standard InChI is InChI=1S/C18H20N2O3/c1-11-5-4-6-13(9-11)20-17(16(19)18(20)21)12-7-8-14(22-2)15(10-12)23-3/h4-10,16-17H,19H2,1-3H3/t16-,17-/m0/s1. The third-order valence-electron chi connectivity index (χ3n) is 4.17. The van der Waals surface area contributed by atoms with E-state index >= 15 is 0 Å². The Bertz CT molecular complexity index is 745. The summed E-state index contributed by atoms with van der Waals surface area (Å²) in [6, 6.07) is 12.7. The Morgan fingerprint density at radius 1 is 1.04 bits per heavy atom. The van der Waals surface area contributed by atoms with Crippen molar-refractivity contribution in [2.45, 2.75) is 19.0 Å². The number of benzene rings is 2. The van der Waals surface area contributed by atoms with Gasteiger partial charge in [0.25, 0.3) is 0 Å². The number of nitrogens with two attached hydrogens (primary N) is 1. The molecule has 0 aromatic heterocycles. The molecule has 1 fully saturated rings. The number of carbonyl (C=O) groups excluding carboxylic acids is 1. The molecule has 5 heteroatoms. The third kappa shape index (κ3) is 2.53. The third-order valence-corrected chi connectivity index (χ3v) is 4.17. The van der Waals surface area contributed by atoms with Crippen molar-refractivity contribution in [1.29, 1.82) is 0 Å². The minimum atomic E-state index is -0.548. The Balaban J connectivity index is 1.99. The number of methoxy groups -OCH3 is 2. The zero-order chi connectivity index (χ0) is 16.6. The predicted octanol–water partition coefficient (Wildman–Crippen LogP) is 2.43. The van der Waals surface area contributed by atoms with E-state index in [4.69, 9.17) is 15.2 Å². The van der Waals surface area contributed by atoms with Crippen LogP contribution in [0.3, 0.4) is 0 Å². The lowest BCUT2D eigenvalue weighted by Gasteiger charge is -2.45. The molecule has 0 spiro atoms. The summed E-state index contributed by atoms with van der Waals surface area (Å²) in [6.45, 7) is 2.00. The molecule has 1 heterocycles. The fraction of sp³-hybridized carbons (Fsp3) is 0.278. The Morgan fingerprint density at radius 2 is 1.78 bits per heavy atom. The summed E-state index contributed by atoms with van der Waals surface area (Å²) in [5.74, 6) is 1.20. The van der Waals surface area contributed by atoms with Gasteiger partial charge in [-0.25, -0.2) is 0 Å². The maximum Gasteiger partial charge on any atom is 0.247 e. The SMILES string of the molecule is COc1ccc([C@H]2[C@H](N)C(=O)N2c2cccc(C)c2)cc1OC. The van der Waals surface area contributed by atoms with Gasteiger partial charge in [0.2, 0.25) is 5.91 Å². The zero-order valence-electron chi connectivity index (χ0n) is 13.4. The second-order valence-corrected chi connectivity index (χ2v) is 5.63. The topological polar surface area (TPSA) is 64.8 Å². The van der Waals surface area contributed by atoms with Crippen LogP contribution in [-0.4, -0.2) is 26.2 Å². The van der Waals surface area contributed by atoms with E-state index in [2.05, 4.69) is 0 Å². The molecular weight excluding hydrogens is 292 g/mol. The number of nitrogens with zero attached hydrogens (tertiary/aromatic N) is 1. The van der Waals surface area contributed by atoms with Gasteiger partial charge in [-0.3, -0.25) is 4.79 Å². The Morgan fingerprint density at radius 3 is 2.43 bits per heavy atom. The van der Waals surface area contributed by atoms with Crippen LogP contribution in [-0.2, 0) is 4.79 Å². The lowest BCUT2D eigenvalue weighted by molar-refractivity contribution is -0.126. The summed E-state index contributed by atoms with van der Waals surface area (Å²) in [6.07, 6.45) is 0. The first-order chi connectivity index (χ1) is 11.1. The van der Waals surface area contributed by atoms with Gasteiger partial charge >= 0.3 is 0 Å². The highest BCUT2D eigenvalue weighted by Crippen LogP contribution is 2.41. The van der Waals surface area contributed by atoms with E-state index in [-0.39, 0.29) is 11.9 Å². The molecule has 0 saturated carbocycles. The van der Waals surface area contributed by atoms with Crippen molar-refractivity contribution < 1.29 is 14.3 Å². The average molecular weight is 312 g/mol. The van der Waals surface area contributed by atoms with Gasteiger partial charge in [-0.05, 0) is 42.3 Å². The highest BCUT2D eigenvalue weighted by molar-refractivity contribution is 6.05. The van der Waals surface area contributed by atoms with Crippen LogP contribution in [0.4, 0.5) is 5.69 Å². The van der Waals surface area contributed by atoms with E-state index in [0.717, 1.165) is 16.8 Å². The first-order valence-corrected chi connectivity index (χ1v) is 7.44. The number of hydrogen-bond acceptors (Lipinski definition) is 4. The van der Waals surface area contributed by atoms with Crippen molar-refractivity contribution >= 4 is 11.6 Å². The molecule has 1 aliphatic heterocycles. The first kappa shape index (κ1) is 15.4. The molecule has 2 atom stereocenters. The molecule has 1 aliphatic rings. The highest BCUT2D eigenvalue weighted by Gasteiger charge is 2.46. The molecule has 3 rings (SSSR count). The van der Waals surface area contributed by atoms with E-state index in [1.54, 1.807) is 19.1 Å². The fourth-order valence-electron chi connectivity index (χ4n) is 2.97. The van der Waals surface area contributed by atoms with Crippen LogP contribution in [0.15, 0.2) is 42.5 Å². The summed E-state index contributed by atoms with van der Waals surface area (Å²) in [5.41, 5.74) is 8.95. The van der Waals surface area contributed by atoms with Crippen LogP contribution >= 0.6 is 0 Å². The quantitative estimate of drug-likeness (QED) is 0.881. The minimum absolute atomic E-state index is 0.0737. The summed E-state index contributed by atoms with van der Waals surface area (Å²) in [7, 11) is 3.18. The van der Waals surface area contributed by atoms with Gasteiger partial charge in [-0.15, -0.1) is 0 Å². The number of anilines is 1. The van der Waals surface area contributed by atoms with Crippen LogP contribution in [0.5, 0.6) is 11.5 Å². The molecule has 2 N–H and O–H groups in total. The highest BCUT2D eigenvalue weighted by atomic mass is 16.5. The molecule has 23 heavy (non-hydrogen) atoms. The summed E-state index contributed by atoms with van der Waals surface area (Å²) < 4.78 is 10.6. The number of amides is 1. The van der Waals surface area contributed by atoms with Crippen molar-refractivity contribution in [1.82, 2.24) is 0 Å². The summed E-state index contributed by atoms with van der Waals surface area (Å²) in [5, 5.41) is 0. The molecule has 5 nitrogen and oxygen atoms in total. The van der Waals surface area contributed by atoms with Gasteiger partial charge in [0, 0.05) is 5.69 Å². The Hall–Kier alpha value is -2.53. The van der Waals surface area contributed by atoms with Crippen molar-refractivity contribution in [3.8, 4) is 11.5 Å². The molecule has 1 amide bonds. The van der Waals surface area contributed by atoms with Gasteiger partial charge in [0.15, 0.2) is 11.5 Å². The van der Waals surface area contributed by atoms with Gasteiger partial charge in [-0.2, -0.15) is 0 Å². The molecule has 2 aromatic carbocycles. The maximum absolute atomic E-state index is 12.3. The van der Waals surface area contributed by atoms with Crippen molar-refractivity contribution in [2.75, 3.05) is 19.1 Å². The second kappa shape index (κ2) is 5.93. The monoisotopic (exact) mass is 312 g/mol. The van der Waals surface area contributed by atoms with Crippen molar-refractivity contribution in [2.24, 2.45) is 5.73 Å². The predicted molar refractivity (Wildman–Crippen MR) is 88.9 cm³/mol. The average Bonchev–Trinajstić information content (AvgIpc) is 2.58. The fourth-order valence-corrected chi connectivity index (χ4v) is 2.97. The van der Waals surface area contributed by atoms with Crippen LogP contribution in [0, 0.1) is 6.92 Å². The lowest BCUT2D eigenvalue weighted by atomic mass is 9.88. The van der Waals surface area contributed by atoms with Gasteiger partial charge in [-0.1, -0.05) is 18.2 Å². The van der Waals surface area contributed by atoms with E-state index in [1.807, 2.05) is 49.4 Å². The smallest absolute Gasteiger partial charge is 0.247 e. The number of carbonyl (C=O) groups is 1. The van der Waals surface area contributed by atoms with Gasteiger partial charge in [0.05, 0.1) is 20.3 Å². The number of rotatable bonds is 4. The Labute approximate surface area is 135 Å². The number of aryl methyl sites for hydroxylation is 1. The van der Waals surface area contributed by atoms with Gasteiger partial charge < -0.3 is 20.1 Å². The molecule has 120 valence electrons. The van der Waals surface area contributed by atoms with Crippen LogP contribution in [0.1, 0.15) is 17.2 Å². The van der Waals surface area contributed by atoms with Crippen LogP contribution < -0.4 is 20.1 Å². The number of ether oxygens (including phenoxy) is 2. The molecule has 0 unspecified atom stereocenters. The van der Waals surface area contributed by atoms with E-state index in [1.165, 1.54) is 0 Å². The molecule has 1 saturated heterocycles.